The van der Waals surface area contributed by atoms with Crippen molar-refractivity contribution in [3.63, 3.8) is 0 Å². The largest absolute Gasteiger partial charge is 0.346 e. The van der Waals surface area contributed by atoms with Crippen LogP contribution in [0.1, 0.15) is 59.1 Å². The van der Waals surface area contributed by atoms with E-state index in [1.54, 1.807) is 23.3 Å². The lowest BCUT2D eigenvalue weighted by Crippen LogP contribution is -2.38. The second-order valence-corrected chi connectivity index (χ2v) is 6.25. The molecule has 1 aliphatic heterocycles. The number of hydrogen-bond donors (Lipinski definition) is 1. The molecular weight excluding hydrogens is 294 g/mol. The zero-order valence-corrected chi connectivity index (χ0v) is 12.8. The number of nitrogens with zero attached hydrogens (tertiary/aromatic N) is 4. The lowest BCUT2D eigenvalue weighted by molar-refractivity contribution is 0.0919. The van der Waals surface area contributed by atoms with Crippen LogP contribution in [0.4, 0.5) is 0 Å². The highest BCUT2D eigenvalue weighted by atomic mass is 16.2. The smallest absolute Gasteiger partial charge is 0.272 e. The first-order valence-corrected chi connectivity index (χ1v) is 8.12. The highest BCUT2D eigenvalue weighted by Crippen LogP contribution is 2.30. The maximum Gasteiger partial charge on any atom is 0.272 e. The fraction of sp³-hybridized carbons (Fsp3) is 0.500. The molecule has 0 radical (unpaired) electrons. The van der Waals surface area contributed by atoms with Crippen LogP contribution < -0.4 is 5.32 Å². The number of aryl methyl sites for hydroxylation is 1. The first-order valence-electron chi connectivity index (χ1n) is 8.12. The molecule has 1 fully saturated rings. The van der Waals surface area contributed by atoms with Crippen molar-refractivity contribution in [2.24, 2.45) is 0 Å². The van der Waals surface area contributed by atoms with Crippen molar-refractivity contribution in [3.8, 4) is 0 Å². The number of aromatic nitrogens is 4. The molecule has 7 nitrogen and oxygen atoms in total. The minimum Gasteiger partial charge on any atom is -0.346 e. The Labute approximate surface area is 133 Å². The third kappa shape index (κ3) is 2.56. The van der Waals surface area contributed by atoms with Gasteiger partial charge in [-0.1, -0.05) is 0 Å². The molecule has 120 valence electrons. The molecule has 1 N–H and O–H groups in total. The summed E-state index contributed by atoms with van der Waals surface area (Å²) in [5, 5.41) is 7.38. The van der Waals surface area contributed by atoms with Crippen molar-refractivity contribution < 1.29 is 9.59 Å². The van der Waals surface area contributed by atoms with Gasteiger partial charge in [0.05, 0.1) is 12.4 Å². The zero-order chi connectivity index (χ0) is 15.8. The van der Waals surface area contributed by atoms with Crippen LogP contribution in [0.15, 0.2) is 24.8 Å². The van der Waals surface area contributed by atoms with Crippen LogP contribution in [0.2, 0.25) is 0 Å². The lowest BCUT2D eigenvalue weighted by Gasteiger charge is -2.21. The van der Waals surface area contributed by atoms with Crippen molar-refractivity contribution in [3.05, 3.63) is 36.2 Å². The van der Waals surface area contributed by atoms with Crippen molar-refractivity contribution >= 4 is 11.7 Å². The van der Waals surface area contributed by atoms with E-state index in [1.807, 2.05) is 6.20 Å². The summed E-state index contributed by atoms with van der Waals surface area (Å²) >= 11 is 0. The second-order valence-electron chi connectivity index (χ2n) is 6.25. The van der Waals surface area contributed by atoms with Gasteiger partial charge in [-0.15, -0.1) is 0 Å². The average Bonchev–Trinajstić information content (AvgIpc) is 3.27. The topological polar surface area (TPSA) is 81.8 Å². The molecule has 4 rings (SSSR count). The maximum atomic E-state index is 12.5. The summed E-state index contributed by atoms with van der Waals surface area (Å²) in [7, 11) is 0. The molecule has 0 aromatic carbocycles. The quantitative estimate of drug-likeness (QED) is 0.932. The van der Waals surface area contributed by atoms with Gasteiger partial charge in [0, 0.05) is 37.5 Å². The van der Waals surface area contributed by atoms with E-state index in [9.17, 15) is 9.59 Å². The Morgan fingerprint density at radius 3 is 3.00 bits per heavy atom. The number of rotatable bonds is 3. The van der Waals surface area contributed by atoms with E-state index >= 15 is 0 Å². The number of fused-ring (bicyclic) bond motifs is 1. The average molecular weight is 313 g/mol. The fourth-order valence-corrected chi connectivity index (χ4v) is 3.61. The van der Waals surface area contributed by atoms with Gasteiger partial charge in [-0.3, -0.25) is 14.3 Å². The van der Waals surface area contributed by atoms with Crippen molar-refractivity contribution in [1.29, 1.82) is 0 Å². The summed E-state index contributed by atoms with van der Waals surface area (Å²) in [5.74, 6) is -0.128. The second kappa shape index (κ2) is 5.64. The van der Waals surface area contributed by atoms with Gasteiger partial charge in [-0.05, 0) is 25.7 Å². The number of imidazole rings is 1. The number of Topliss-reactive ketones (excluding diaryl/α,β-unsaturated/α-hetero) is 1. The molecule has 3 heterocycles. The Kier molecular flexibility index (Phi) is 3.48. The summed E-state index contributed by atoms with van der Waals surface area (Å²) < 4.78 is 3.71. The molecule has 7 heteroatoms. The predicted molar refractivity (Wildman–Crippen MR) is 82.2 cm³/mol. The highest BCUT2D eigenvalue weighted by molar-refractivity contribution is 5.99. The minimum absolute atomic E-state index is 0.0694. The monoisotopic (exact) mass is 313 g/mol. The number of carbonyl (C=O) groups is 2. The molecule has 0 spiro atoms. The van der Waals surface area contributed by atoms with E-state index in [1.165, 1.54) is 0 Å². The first-order chi connectivity index (χ1) is 11.2. The van der Waals surface area contributed by atoms with Crippen molar-refractivity contribution in [1.82, 2.24) is 24.6 Å². The Morgan fingerprint density at radius 1 is 1.30 bits per heavy atom. The third-order valence-corrected chi connectivity index (χ3v) is 4.78. The summed E-state index contributed by atoms with van der Waals surface area (Å²) in [6.45, 7) is 0.704. The molecule has 2 aromatic rings. The SMILES string of the molecule is O=C(N[C@@H]1CCC[C@@H]1n1ccnc1)c1cc2n(n1)CCCC2=O. The Balaban J connectivity index is 1.50. The number of nitrogens with one attached hydrogen (secondary N) is 1. The standard InChI is InChI=1S/C16H19N5O2/c22-15-5-2-7-21-14(15)9-12(19-21)16(23)18-11-3-1-4-13(11)20-8-6-17-10-20/h6,8-11,13H,1-5,7H2,(H,18,23)/t11-,13+/m1/s1. The Morgan fingerprint density at radius 2 is 2.22 bits per heavy atom. The van der Waals surface area contributed by atoms with Gasteiger partial charge >= 0.3 is 0 Å². The van der Waals surface area contributed by atoms with Crippen LogP contribution in [0.25, 0.3) is 0 Å². The molecule has 2 aromatic heterocycles. The van der Waals surface area contributed by atoms with Gasteiger partial charge < -0.3 is 9.88 Å². The van der Waals surface area contributed by atoms with E-state index in [4.69, 9.17) is 0 Å². The Hall–Kier alpha value is -2.44. The molecule has 2 aliphatic rings. The van der Waals surface area contributed by atoms with E-state index in [-0.39, 0.29) is 23.8 Å². The van der Waals surface area contributed by atoms with Gasteiger partial charge in [0.15, 0.2) is 11.5 Å². The van der Waals surface area contributed by atoms with Crippen LogP contribution in [-0.2, 0) is 6.54 Å². The fourth-order valence-electron chi connectivity index (χ4n) is 3.61. The molecule has 0 saturated heterocycles. The van der Waals surface area contributed by atoms with Crippen LogP contribution in [0, 0.1) is 0 Å². The number of amides is 1. The maximum absolute atomic E-state index is 12.5. The lowest BCUT2D eigenvalue weighted by atomic mass is 10.1. The third-order valence-electron chi connectivity index (χ3n) is 4.78. The molecule has 2 atom stereocenters. The van der Waals surface area contributed by atoms with Gasteiger partial charge in [-0.25, -0.2) is 4.98 Å². The molecule has 0 unspecified atom stereocenters. The summed E-state index contributed by atoms with van der Waals surface area (Å²) in [5.41, 5.74) is 0.894. The van der Waals surface area contributed by atoms with Gasteiger partial charge in [-0.2, -0.15) is 5.10 Å². The van der Waals surface area contributed by atoms with Gasteiger partial charge in [0.1, 0.15) is 5.69 Å². The summed E-state index contributed by atoms with van der Waals surface area (Å²) in [4.78, 5) is 28.5. The number of ketones is 1. The van der Waals surface area contributed by atoms with Crippen LogP contribution in [0.5, 0.6) is 0 Å². The predicted octanol–water partition coefficient (Wildman–Crippen LogP) is 1.58. The first kappa shape index (κ1) is 14.2. The van der Waals surface area contributed by atoms with E-state index in [0.717, 1.165) is 25.7 Å². The van der Waals surface area contributed by atoms with Crippen LogP contribution in [-0.4, -0.2) is 37.1 Å². The molecule has 1 amide bonds. The van der Waals surface area contributed by atoms with Crippen LogP contribution in [0.3, 0.4) is 0 Å². The summed E-state index contributed by atoms with van der Waals surface area (Å²) in [6.07, 6.45) is 9.86. The zero-order valence-electron chi connectivity index (χ0n) is 12.8. The van der Waals surface area contributed by atoms with Crippen molar-refractivity contribution in [2.45, 2.75) is 50.7 Å². The van der Waals surface area contributed by atoms with Crippen molar-refractivity contribution in [2.75, 3.05) is 0 Å². The van der Waals surface area contributed by atoms with Gasteiger partial charge in [0.25, 0.3) is 5.91 Å². The molecule has 1 saturated carbocycles. The van der Waals surface area contributed by atoms with E-state index in [0.29, 0.717) is 24.4 Å². The van der Waals surface area contributed by atoms with E-state index < -0.39 is 0 Å². The van der Waals surface area contributed by atoms with E-state index in [2.05, 4.69) is 20.0 Å². The number of hydrogen-bond acceptors (Lipinski definition) is 4. The van der Waals surface area contributed by atoms with Gasteiger partial charge in [0.2, 0.25) is 0 Å². The highest BCUT2D eigenvalue weighted by Gasteiger charge is 2.31. The molecule has 0 bridgehead atoms. The Bertz CT molecular complexity index is 734. The minimum atomic E-state index is -0.197. The molecule has 1 aliphatic carbocycles. The molecule has 23 heavy (non-hydrogen) atoms. The molecular formula is C16H19N5O2. The number of carbonyl (C=O) groups excluding carboxylic acids is 2. The van der Waals surface area contributed by atoms with Crippen LogP contribution >= 0.6 is 0 Å². The summed E-state index contributed by atoms with van der Waals surface area (Å²) in [6, 6.07) is 1.93. The normalized spacial score (nSPS) is 23.7.